The number of hydrogen-bond donors (Lipinski definition) is 4. The number of hydrogen-bond acceptors (Lipinski definition) is 7. The molecule has 3 aliphatic rings. The molecule has 2 saturated heterocycles. The second kappa shape index (κ2) is 9.03. The van der Waals surface area contributed by atoms with E-state index in [2.05, 4.69) is 20.6 Å². The number of aromatic carboxylic acids is 1. The molecule has 0 spiro atoms. The molecule has 2 aromatic rings. The van der Waals surface area contributed by atoms with Crippen molar-refractivity contribution in [1.29, 1.82) is 0 Å². The molecule has 2 amide bonds. The zero-order valence-corrected chi connectivity index (χ0v) is 20.7. The van der Waals surface area contributed by atoms with Gasteiger partial charge >= 0.3 is 5.97 Å². The number of fused-ring (bicyclic) bond motifs is 1. The number of nitrogens with zero attached hydrogens (tertiary/aromatic N) is 3. The molecule has 1 saturated carbocycles. The second-order valence-electron chi connectivity index (χ2n) is 8.87. The Hall–Kier alpha value is -2.34. The van der Waals surface area contributed by atoms with E-state index in [4.69, 9.17) is 23.2 Å². The molecule has 0 radical (unpaired) electrons. The van der Waals surface area contributed by atoms with Gasteiger partial charge in [0.2, 0.25) is 5.91 Å². The van der Waals surface area contributed by atoms with Crippen LogP contribution in [0.1, 0.15) is 31.5 Å². The standard InChI is InChI=1S/C21H24Cl2N6O4S/c1-9-14(22)15(23)17(25-9)19(31)27-16-10-7-29(8-11(10)16)21-26-12(18(34-21)20(32)33)6-13(30)28-4-2-24-3-5-28/h10-11,16,24-25H,2-8H2,1H3,(H,27,31)(H,32,33)/t10-,11+,16-. The molecule has 3 atom stereocenters. The van der Waals surface area contributed by atoms with Crippen LogP contribution < -0.4 is 15.5 Å². The highest BCUT2D eigenvalue weighted by Crippen LogP contribution is 2.48. The number of carbonyl (C=O) groups excluding carboxylic acids is 2. The van der Waals surface area contributed by atoms with Crippen molar-refractivity contribution >= 4 is 57.5 Å². The van der Waals surface area contributed by atoms with Gasteiger partial charge in [-0.2, -0.15) is 0 Å². The van der Waals surface area contributed by atoms with E-state index < -0.39 is 5.97 Å². The molecule has 0 bridgehead atoms. The fourth-order valence-corrected chi connectivity index (χ4v) is 6.13. The van der Waals surface area contributed by atoms with Gasteiger partial charge in [-0.1, -0.05) is 34.5 Å². The number of H-pyrrole nitrogens is 1. The zero-order valence-electron chi connectivity index (χ0n) is 18.4. The number of piperazine rings is 1. The van der Waals surface area contributed by atoms with E-state index in [0.717, 1.165) is 24.4 Å². The van der Waals surface area contributed by atoms with Crippen LogP contribution in [0.3, 0.4) is 0 Å². The third-order valence-electron chi connectivity index (χ3n) is 6.71. The summed E-state index contributed by atoms with van der Waals surface area (Å²) in [6.07, 6.45) is -0.0175. The predicted octanol–water partition coefficient (Wildman–Crippen LogP) is 1.62. The molecule has 3 fully saturated rings. The topological polar surface area (TPSA) is 131 Å². The maximum absolute atomic E-state index is 12.6. The Balaban J connectivity index is 1.21. The van der Waals surface area contributed by atoms with Gasteiger partial charge in [0.15, 0.2) is 5.13 Å². The SMILES string of the molecule is Cc1[nH]c(C(=O)N[C@@H]2[C@@H]3CN(c4nc(CC(=O)N5CCNCC5)c(C(=O)O)s4)C[C@@H]32)c(Cl)c1Cl. The van der Waals surface area contributed by atoms with Crippen molar-refractivity contribution in [3.8, 4) is 0 Å². The number of rotatable bonds is 6. The summed E-state index contributed by atoms with van der Waals surface area (Å²) in [7, 11) is 0. The van der Waals surface area contributed by atoms with Gasteiger partial charge < -0.3 is 30.5 Å². The van der Waals surface area contributed by atoms with Crippen LogP contribution in [0, 0.1) is 18.8 Å². The van der Waals surface area contributed by atoms with Gasteiger partial charge in [-0.3, -0.25) is 9.59 Å². The van der Waals surface area contributed by atoms with Crippen molar-refractivity contribution in [3.63, 3.8) is 0 Å². The van der Waals surface area contributed by atoms with Crippen LogP contribution in [0.15, 0.2) is 0 Å². The van der Waals surface area contributed by atoms with E-state index in [1.54, 1.807) is 11.8 Å². The third-order valence-corrected chi connectivity index (χ3v) is 8.81. The first-order valence-electron chi connectivity index (χ1n) is 11.1. The average Bonchev–Trinajstić information content (AvgIpc) is 3.19. The van der Waals surface area contributed by atoms with E-state index in [9.17, 15) is 19.5 Å². The maximum Gasteiger partial charge on any atom is 0.347 e. The largest absolute Gasteiger partial charge is 0.477 e. The van der Waals surface area contributed by atoms with Crippen LogP contribution in [0.4, 0.5) is 5.13 Å². The quantitative estimate of drug-likeness (QED) is 0.449. The Morgan fingerprint density at radius 2 is 1.85 bits per heavy atom. The van der Waals surface area contributed by atoms with Crippen LogP contribution in [-0.4, -0.2) is 83.1 Å². The maximum atomic E-state index is 12.6. The van der Waals surface area contributed by atoms with Crippen molar-refractivity contribution in [2.75, 3.05) is 44.2 Å². The van der Waals surface area contributed by atoms with Gasteiger partial charge in [-0.05, 0) is 6.92 Å². The first kappa shape index (κ1) is 23.4. The smallest absolute Gasteiger partial charge is 0.347 e. The van der Waals surface area contributed by atoms with Gasteiger partial charge in [0.25, 0.3) is 5.91 Å². The monoisotopic (exact) mass is 526 g/mol. The Kier molecular flexibility index (Phi) is 6.21. The van der Waals surface area contributed by atoms with E-state index in [1.807, 2.05) is 4.90 Å². The number of carboxylic acid groups (broad SMARTS) is 1. The lowest BCUT2D eigenvalue weighted by molar-refractivity contribution is -0.131. The molecule has 182 valence electrons. The fourth-order valence-electron chi connectivity index (χ4n) is 4.78. The lowest BCUT2D eigenvalue weighted by Crippen LogP contribution is -2.47. The van der Waals surface area contributed by atoms with Crippen molar-refractivity contribution in [2.24, 2.45) is 11.8 Å². The summed E-state index contributed by atoms with van der Waals surface area (Å²) >= 11 is 13.3. The highest BCUT2D eigenvalue weighted by molar-refractivity contribution is 7.17. The number of amides is 2. The van der Waals surface area contributed by atoms with Gasteiger partial charge in [0, 0.05) is 62.8 Å². The Morgan fingerprint density at radius 1 is 1.18 bits per heavy atom. The van der Waals surface area contributed by atoms with E-state index in [1.165, 1.54) is 0 Å². The van der Waals surface area contributed by atoms with Crippen molar-refractivity contribution in [2.45, 2.75) is 19.4 Å². The van der Waals surface area contributed by atoms with E-state index >= 15 is 0 Å². The van der Waals surface area contributed by atoms with Gasteiger partial charge in [0.05, 0.1) is 22.2 Å². The number of anilines is 1. The summed E-state index contributed by atoms with van der Waals surface area (Å²) in [5.41, 5.74) is 1.22. The third kappa shape index (κ3) is 4.26. The van der Waals surface area contributed by atoms with Gasteiger partial charge in [-0.15, -0.1) is 0 Å². The fraction of sp³-hybridized carbons (Fsp3) is 0.524. The summed E-state index contributed by atoms with van der Waals surface area (Å²) in [6, 6.07) is 0.0230. The minimum atomic E-state index is -1.07. The van der Waals surface area contributed by atoms with Crippen molar-refractivity contribution in [3.05, 3.63) is 32.0 Å². The summed E-state index contributed by atoms with van der Waals surface area (Å²) in [6.45, 7) is 5.76. The molecule has 2 aliphatic heterocycles. The predicted molar refractivity (Wildman–Crippen MR) is 128 cm³/mol. The zero-order chi connectivity index (χ0) is 24.1. The lowest BCUT2D eigenvalue weighted by atomic mass is 10.2. The first-order chi connectivity index (χ1) is 16.2. The summed E-state index contributed by atoms with van der Waals surface area (Å²) in [5, 5.41) is 17.0. The van der Waals surface area contributed by atoms with Gasteiger partial charge in [0.1, 0.15) is 10.6 Å². The highest BCUT2D eigenvalue weighted by atomic mass is 35.5. The molecule has 10 nitrogen and oxygen atoms in total. The minimum Gasteiger partial charge on any atom is -0.477 e. The molecule has 4 N–H and O–H groups in total. The van der Waals surface area contributed by atoms with Crippen LogP contribution in [0.5, 0.6) is 0 Å². The molecule has 34 heavy (non-hydrogen) atoms. The summed E-state index contributed by atoms with van der Waals surface area (Å²) in [5.74, 6) is -0.971. The van der Waals surface area contributed by atoms with Gasteiger partial charge in [-0.25, -0.2) is 9.78 Å². The molecular weight excluding hydrogens is 503 g/mol. The summed E-state index contributed by atoms with van der Waals surface area (Å²) in [4.78, 5) is 48.4. The molecule has 1 aliphatic carbocycles. The van der Waals surface area contributed by atoms with Crippen LogP contribution in [-0.2, 0) is 11.2 Å². The number of nitrogens with one attached hydrogen (secondary N) is 3. The van der Waals surface area contributed by atoms with Crippen molar-refractivity contribution < 1.29 is 19.5 Å². The van der Waals surface area contributed by atoms with Crippen molar-refractivity contribution in [1.82, 2.24) is 25.5 Å². The molecule has 13 heteroatoms. The number of aromatic nitrogens is 2. The molecule has 0 aromatic carbocycles. The average molecular weight is 527 g/mol. The van der Waals surface area contributed by atoms with Crippen LogP contribution in [0.2, 0.25) is 10.0 Å². The van der Waals surface area contributed by atoms with E-state index in [0.29, 0.717) is 47.7 Å². The minimum absolute atomic E-state index is 0.0175. The number of carbonyl (C=O) groups is 3. The number of aromatic amines is 1. The molecule has 5 rings (SSSR count). The van der Waals surface area contributed by atoms with Crippen LogP contribution in [0.25, 0.3) is 0 Å². The second-order valence-corrected chi connectivity index (χ2v) is 10.6. The van der Waals surface area contributed by atoms with Crippen LogP contribution >= 0.6 is 34.5 Å². The Morgan fingerprint density at radius 3 is 2.44 bits per heavy atom. The van der Waals surface area contributed by atoms with E-state index in [-0.39, 0.29) is 51.7 Å². The number of halogens is 2. The highest BCUT2D eigenvalue weighted by Gasteiger charge is 2.57. The molecular formula is C21H24Cl2N6O4S. The normalized spacial score (nSPS) is 23.7. The number of carboxylic acids is 1. The number of piperidine rings is 1. The Labute approximate surface area is 209 Å². The molecule has 4 heterocycles. The lowest BCUT2D eigenvalue weighted by Gasteiger charge is -2.27. The Bertz CT molecular complexity index is 1150. The summed E-state index contributed by atoms with van der Waals surface area (Å²) < 4.78 is 0. The molecule has 0 unspecified atom stereocenters. The number of aryl methyl sites for hydroxylation is 1. The first-order valence-corrected chi connectivity index (χ1v) is 12.6. The molecule has 2 aromatic heterocycles. The number of thiazole rings is 1.